The maximum Gasteiger partial charge on any atom is 0.326 e. The maximum atomic E-state index is 12.3. The van der Waals surface area contributed by atoms with Gasteiger partial charge in [0.15, 0.2) is 0 Å². The van der Waals surface area contributed by atoms with Crippen LogP contribution in [0, 0.1) is 13.8 Å². The van der Waals surface area contributed by atoms with Gasteiger partial charge in [0, 0.05) is 37.6 Å². The summed E-state index contributed by atoms with van der Waals surface area (Å²) in [6, 6.07) is 1.09. The van der Waals surface area contributed by atoms with E-state index >= 15 is 0 Å². The van der Waals surface area contributed by atoms with E-state index in [-0.39, 0.29) is 25.0 Å². The Morgan fingerprint density at radius 2 is 2.00 bits per heavy atom. The monoisotopic (exact) mass is 296 g/mol. The van der Waals surface area contributed by atoms with E-state index in [1.54, 1.807) is 6.07 Å². The summed E-state index contributed by atoms with van der Waals surface area (Å²) in [6.07, 6.45) is 0.237. The lowest BCUT2D eigenvalue weighted by atomic mass is 10.1. The van der Waals surface area contributed by atoms with Gasteiger partial charge in [0.05, 0.1) is 5.56 Å². The zero-order valence-corrected chi connectivity index (χ0v) is 13.3. The van der Waals surface area contributed by atoms with Crippen LogP contribution in [0.2, 0.25) is 0 Å². The number of hydrogen-bond donors (Lipinski definition) is 2. The molecule has 0 saturated carbocycles. The summed E-state index contributed by atoms with van der Waals surface area (Å²) in [7, 11) is 1.50. The fraction of sp³-hybridized carbons (Fsp3) is 0.600. The Bertz CT molecular complexity index is 520. The average molecular weight is 296 g/mol. The highest BCUT2D eigenvalue weighted by molar-refractivity contribution is 5.97. The first-order valence-corrected chi connectivity index (χ1v) is 7.00. The zero-order chi connectivity index (χ0) is 16.2. The molecule has 0 aliphatic rings. The Morgan fingerprint density at radius 3 is 2.43 bits per heavy atom. The largest absolute Gasteiger partial charge is 0.480 e. The standard InChI is InChI=1S/C15H24N2O4/c1-9(2)17-10(3)8-12(11(17)4)14(18)16-13(15(19)20)6-7-21-5/h8-9,13H,6-7H2,1-5H3,(H,16,18)(H,19,20). The molecule has 1 unspecified atom stereocenters. The van der Waals surface area contributed by atoms with Gasteiger partial charge in [-0.05, 0) is 33.8 Å². The predicted octanol–water partition coefficient (Wildman–Crippen LogP) is 1.91. The highest BCUT2D eigenvalue weighted by atomic mass is 16.5. The van der Waals surface area contributed by atoms with E-state index < -0.39 is 12.0 Å². The number of nitrogens with zero attached hydrogens (tertiary/aromatic N) is 1. The Morgan fingerprint density at radius 1 is 1.38 bits per heavy atom. The van der Waals surface area contributed by atoms with E-state index in [1.807, 2.05) is 27.7 Å². The molecule has 2 N–H and O–H groups in total. The molecule has 0 spiro atoms. The van der Waals surface area contributed by atoms with Crippen LogP contribution in [-0.4, -0.2) is 41.3 Å². The minimum absolute atomic E-state index is 0.237. The molecule has 6 nitrogen and oxygen atoms in total. The van der Waals surface area contributed by atoms with E-state index in [2.05, 4.69) is 9.88 Å². The van der Waals surface area contributed by atoms with Gasteiger partial charge in [-0.25, -0.2) is 4.79 Å². The molecule has 0 bridgehead atoms. The average Bonchev–Trinajstić information content (AvgIpc) is 2.69. The van der Waals surface area contributed by atoms with Crippen molar-refractivity contribution in [3.05, 3.63) is 23.0 Å². The highest BCUT2D eigenvalue weighted by Crippen LogP contribution is 2.20. The van der Waals surface area contributed by atoms with Gasteiger partial charge in [-0.2, -0.15) is 0 Å². The summed E-state index contributed by atoms with van der Waals surface area (Å²) in [4.78, 5) is 23.5. The van der Waals surface area contributed by atoms with Crippen LogP contribution in [0.5, 0.6) is 0 Å². The van der Waals surface area contributed by atoms with Crippen molar-refractivity contribution >= 4 is 11.9 Å². The number of nitrogens with one attached hydrogen (secondary N) is 1. The maximum absolute atomic E-state index is 12.3. The normalized spacial score (nSPS) is 12.5. The quantitative estimate of drug-likeness (QED) is 0.805. The molecular weight excluding hydrogens is 272 g/mol. The van der Waals surface area contributed by atoms with Gasteiger partial charge in [0.1, 0.15) is 6.04 Å². The molecule has 6 heteroatoms. The van der Waals surface area contributed by atoms with Crippen LogP contribution in [0.15, 0.2) is 6.07 Å². The third-order valence-electron chi connectivity index (χ3n) is 3.46. The lowest BCUT2D eigenvalue weighted by molar-refractivity contribution is -0.139. The van der Waals surface area contributed by atoms with Crippen LogP contribution in [0.25, 0.3) is 0 Å². The molecule has 0 aromatic carbocycles. The Kier molecular flexibility index (Phi) is 5.96. The summed E-state index contributed by atoms with van der Waals surface area (Å²) < 4.78 is 6.92. The molecular formula is C15H24N2O4. The van der Waals surface area contributed by atoms with Crippen LogP contribution in [0.4, 0.5) is 0 Å². The molecule has 0 radical (unpaired) electrons. The number of carboxylic acid groups (broad SMARTS) is 1. The van der Waals surface area contributed by atoms with Crippen LogP contribution in [-0.2, 0) is 9.53 Å². The highest BCUT2D eigenvalue weighted by Gasteiger charge is 2.23. The van der Waals surface area contributed by atoms with Crippen molar-refractivity contribution < 1.29 is 19.4 Å². The number of carbonyl (C=O) groups is 2. The van der Waals surface area contributed by atoms with Crippen LogP contribution < -0.4 is 5.32 Å². The molecule has 0 aliphatic carbocycles. The molecule has 0 aliphatic heterocycles. The van der Waals surface area contributed by atoms with Crippen molar-refractivity contribution in [3.8, 4) is 0 Å². The molecule has 1 aromatic heterocycles. The molecule has 1 heterocycles. The predicted molar refractivity (Wildman–Crippen MR) is 79.7 cm³/mol. The van der Waals surface area contributed by atoms with Crippen molar-refractivity contribution in [1.82, 2.24) is 9.88 Å². The summed E-state index contributed by atoms with van der Waals surface area (Å²) in [5, 5.41) is 11.7. The minimum atomic E-state index is -1.06. The second-order valence-corrected chi connectivity index (χ2v) is 5.39. The van der Waals surface area contributed by atoms with Gasteiger partial charge in [-0.3, -0.25) is 4.79 Å². The van der Waals surface area contributed by atoms with E-state index in [0.29, 0.717) is 5.56 Å². The minimum Gasteiger partial charge on any atom is -0.480 e. The van der Waals surface area contributed by atoms with Crippen LogP contribution in [0.3, 0.4) is 0 Å². The number of aryl methyl sites for hydroxylation is 1. The van der Waals surface area contributed by atoms with Crippen LogP contribution >= 0.6 is 0 Å². The van der Waals surface area contributed by atoms with Crippen molar-refractivity contribution in [3.63, 3.8) is 0 Å². The molecule has 21 heavy (non-hydrogen) atoms. The molecule has 1 aromatic rings. The summed E-state index contributed by atoms with van der Waals surface area (Å²) in [6.45, 7) is 8.17. The Labute approximate surface area is 125 Å². The summed E-state index contributed by atoms with van der Waals surface area (Å²) >= 11 is 0. The number of aromatic nitrogens is 1. The van der Waals surface area contributed by atoms with Crippen molar-refractivity contribution in [2.45, 2.75) is 46.2 Å². The second kappa shape index (κ2) is 7.26. The van der Waals surface area contributed by atoms with E-state index in [4.69, 9.17) is 9.84 Å². The first-order valence-electron chi connectivity index (χ1n) is 7.00. The topological polar surface area (TPSA) is 80.6 Å². The van der Waals surface area contributed by atoms with Gasteiger partial charge >= 0.3 is 5.97 Å². The number of ether oxygens (including phenoxy) is 1. The lowest BCUT2D eigenvalue weighted by Crippen LogP contribution is -2.41. The molecule has 1 atom stereocenters. The summed E-state index contributed by atoms with van der Waals surface area (Å²) in [5.41, 5.74) is 2.34. The third kappa shape index (κ3) is 4.07. The number of methoxy groups -OCH3 is 1. The number of aliphatic carboxylic acids is 1. The zero-order valence-electron chi connectivity index (χ0n) is 13.3. The fourth-order valence-corrected chi connectivity index (χ4v) is 2.53. The van der Waals surface area contributed by atoms with Gasteiger partial charge in [0.25, 0.3) is 5.91 Å². The van der Waals surface area contributed by atoms with E-state index in [9.17, 15) is 9.59 Å². The molecule has 118 valence electrons. The lowest BCUT2D eigenvalue weighted by Gasteiger charge is -2.15. The van der Waals surface area contributed by atoms with Crippen LogP contribution in [0.1, 0.15) is 48.1 Å². The number of hydrogen-bond acceptors (Lipinski definition) is 3. The van der Waals surface area contributed by atoms with E-state index in [0.717, 1.165) is 11.4 Å². The first-order chi connectivity index (χ1) is 9.79. The van der Waals surface area contributed by atoms with Crippen molar-refractivity contribution in [1.29, 1.82) is 0 Å². The number of carboxylic acids is 1. The number of amides is 1. The molecule has 0 saturated heterocycles. The third-order valence-corrected chi connectivity index (χ3v) is 3.46. The fourth-order valence-electron chi connectivity index (χ4n) is 2.53. The SMILES string of the molecule is COCCC(NC(=O)c1cc(C)n(C(C)C)c1C)C(=O)O. The molecule has 0 fully saturated rings. The smallest absolute Gasteiger partial charge is 0.326 e. The first kappa shape index (κ1) is 17.2. The second-order valence-electron chi connectivity index (χ2n) is 5.39. The van der Waals surface area contributed by atoms with Gasteiger partial charge in [-0.1, -0.05) is 0 Å². The van der Waals surface area contributed by atoms with Crippen molar-refractivity contribution in [2.75, 3.05) is 13.7 Å². The van der Waals surface area contributed by atoms with Gasteiger partial charge < -0.3 is 19.7 Å². The Hall–Kier alpha value is -1.82. The van der Waals surface area contributed by atoms with Gasteiger partial charge in [0.2, 0.25) is 0 Å². The van der Waals surface area contributed by atoms with Crippen molar-refractivity contribution in [2.24, 2.45) is 0 Å². The summed E-state index contributed by atoms with van der Waals surface area (Å²) in [5.74, 6) is -1.42. The van der Waals surface area contributed by atoms with E-state index in [1.165, 1.54) is 7.11 Å². The number of carbonyl (C=O) groups excluding carboxylic acids is 1. The van der Waals surface area contributed by atoms with Gasteiger partial charge in [-0.15, -0.1) is 0 Å². The molecule has 1 amide bonds. The molecule has 1 rings (SSSR count). The Balaban J connectivity index is 2.93. The number of rotatable bonds is 7.